The Bertz CT molecular complexity index is 350. The molecule has 0 unspecified atom stereocenters. The molecule has 0 aliphatic carbocycles. The van der Waals surface area contributed by atoms with E-state index in [1.54, 1.807) is 12.1 Å². The van der Waals surface area contributed by atoms with Crippen molar-refractivity contribution >= 4 is 17.3 Å². The van der Waals surface area contributed by atoms with Crippen LogP contribution in [-0.4, -0.2) is 17.6 Å². The van der Waals surface area contributed by atoms with Gasteiger partial charge in [-0.3, -0.25) is 0 Å². The summed E-state index contributed by atoms with van der Waals surface area (Å²) in [7, 11) is 0. The lowest BCUT2D eigenvalue weighted by atomic mass is 10.1. The fraction of sp³-hybridized carbons (Fsp3) is 0.364. The van der Waals surface area contributed by atoms with Crippen LogP contribution in [0.5, 0.6) is 0 Å². The maximum atomic E-state index is 10.8. The third-order valence-corrected chi connectivity index (χ3v) is 2.18. The molecule has 0 heterocycles. The van der Waals surface area contributed by atoms with Gasteiger partial charge in [-0.2, -0.15) is 0 Å². The topological polar surface area (TPSA) is 75.3 Å². The van der Waals surface area contributed by atoms with Crippen LogP contribution in [0.1, 0.15) is 30.1 Å². The minimum atomic E-state index is -0.994. The zero-order valence-electron chi connectivity index (χ0n) is 8.79. The Kier molecular flexibility index (Phi) is 3.97. The van der Waals surface area contributed by atoms with Crippen molar-refractivity contribution in [3.8, 4) is 0 Å². The molecule has 1 rings (SSSR count). The quantitative estimate of drug-likeness (QED) is 0.512. The number of hydrogen-bond acceptors (Lipinski definition) is 3. The highest BCUT2D eigenvalue weighted by molar-refractivity contribution is 5.97. The summed E-state index contributed by atoms with van der Waals surface area (Å²) in [5, 5.41) is 12.0. The summed E-state index contributed by atoms with van der Waals surface area (Å²) in [4.78, 5) is 10.8. The summed E-state index contributed by atoms with van der Waals surface area (Å²) >= 11 is 0. The number of nitrogen functional groups attached to an aromatic ring is 1. The van der Waals surface area contributed by atoms with Gasteiger partial charge in [-0.25, -0.2) is 4.79 Å². The van der Waals surface area contributed by atoms with Gasteiger partial charge in [0.1, 0.15) is 0 Å². The molecule has 0 spiro atoms. The van der Waals surface area contributed by atoms with Crippen LogP contribution < -0.4 is 11.1 Å². The Morgan fingerprint density at radius 3 is 2.87 bits per heavy atom. The molecule has 1 aromatic carbocycles. The molecule has 0 aromatic heterocycles. The second kappa shape index (κ2) is 5.24. The summed E-state index contributed by atoms with van der Waals surface area (Å²) in [6.07, 6.45) is 2.13. The first-order valence-electron chi connectivity index (χ1n) is 5.02. The number of carbonyl (C=O) groups is 1. The molecule has 0 aliphatic rings. The zero-order valence-corrected chi connectivity index (χ0v) is 8.79. The second-order valence-corrected chi connectivity index (χ2v) is 3.35. The smallest absolute Gasteiger partial charge is 0.337 e. The first kappa shape index (κ1) is 11.4. The fourth-order valence-corrected chi connectivity index (χ4v) is 1.31. The molecule has 0 atom stereocenters. The Morgan fingerprint density at radius 1 is 1.53 bits per heavy atom. The lowest BCUT2D eigenvalue weighted by Gasteiger charge is -2.10. The van der Waals surface area contributed by atoms with Gasteiger partial charge in [0.15, 0.2) is 0 Å². The molecule has 0 amide bonds. The van der Waals surface area contributed by atoms with Gasteiger partial charge in [-0.1, -0.05) is 19.4 Å². The largest absolute Gasteiger partial charge is 0.478 e. The molecule has 4 nitrogen and oxygen atoms in total. The normalized spacial score (nSPS) is 9.93. The van der Waals surface area contributed by atoms with Crippen LogP contribution in [0.3, 0.4) is 0 Å². The van der Waals surface area contributed by atoms with Crippen LogP contribution in [-0.2, 0) is 0 Å². The monoisotopic (exact) mass is 208 g/mol. The second-order valence-electron chi connectivity index (χ2n) is 3.35. The molecule has 4 N–H and O–H groups in total. The number of benzene rings is 1. The number of carboxylic acid groups (broad SMARTS) is 1. The molecule has 15 heavy (non-hydrogen) atoms. The number of unbranched alkanes of at least 4 members (excludes halogenated alkanes) is 1. The van der Waals surface area contributed by atoms with Crippen molar-refractivity contribution < 1.29 is 9.90 Å². The van der Waals surface area contributed by atoms with Gasteiger partial charge in [-0.15, -0.1) is 0 Å². The number of rotatable bonds is 5. The highest BCUT2D eigenvalue weighted by Crippen LogP contribution is 2.22. The van der Waals surface area contributed by atoms with E-state index in [0.717, 1.165) is 19.4 Å². The van der Waals surface area contributed by atoms with E-state index < -0.39 is 5.97 Å². The van der Waals surface area contributed by atoms with Crippen molar-refractivity contribution in [3.05, 3.63) is 23.8 Å². The van der Waals surface area contributed by atoms with E-state index >= 15 is 0 Å². The summed E-state index contributed by atoms with van der Waals surface area (Å²) in [6, 6.07) is 4.98. The summed E-state index contributed by atoms with van der Waals surface area (Å²) in [5.41, 5.74) is 6.88. The molecule has 0 bridgehead atoms. The Hall–Kier alpha value is -1.71. The predicted molar refractivity (Wildman–Crippen MR) is 61.2 cm³/mol. The van der Waals surface area contributed by atoms with Crippen molar-refractivity contribution in [2.75, 3.05) is 17.6 Å². The third kappa shape index (κ3) is 2.87. The SMILES string of the molecule is CCCCNc1cccc(C(=O)O)c1N. The molecule has 0 aliphatic heterocycles. The third-order valence-electron chi connectivity index (χ3n) is 2.18. The number of carboxylic acids is 1. The van der Waals surface area contributed by atoms with Crippen LogP contribution >= 0.6 is 0 Å². The summed E-state index contributed by atoms with van der Waals surface area (Å²) < 4.78 is 0. The van der Waals surface area contributed by atoms with Gasteiger partial charge in [0.2, 0.25) is 0 Å². The van der Waals surface area contributed by atoms with Gasteiger partial charge in [0, 0.05) is 6.54 Å². The first-order valence-corrected chi connectivity index (χ1v) is 5.02. The molecule has 0 saturated heterocycles. The van der Waals surface area contributed by atoms with Crippen molar-refractivity contribution in [1.29, 1.82) is 0 Å². The highest BCUT2D eigenvalue weighted by Gasteiger charge is 2.09. The summed E-state index contributed by atoms with van der Waals surface area (Å²) in [6.45, 7) is 2.91. The van der Waals surface area contributed by atoms with Crippen LogP contribution in [0.4, 0.5) is 11.4 Å². The first-order chi connectivity index (χ1) is 7.16. The molecule has 0 fully saturated rings. The van der Waals surface area contributed by atoms with Gasteiger partial charge < -0.3 is 16.2 Å². The van der Waals surface area contributed by atoms with E-state index in [9.17, 15) is 4.79 Å². The lowest BCUT2D eigenvalue weighted by molar-refractivity contribution is 0.0698. The lowest BCUT2D eigenvalue weighted by Crippen LogP contribution is -2.08. The number of hydrogen-bond donors (Lipinski definition) is 3. The average molecular weight is 208 g/mol. The molecular weight excluding hydrogens is 192 g/mol. The Balaban J connectivity index is 2.80. The van der Waals surface area contributed by atoms with Crippen LogP contribution in [0.2, 0.25) is 0 Å². The van der Waals surface area contributed by atoms with Crippen LogP contribution in [0.25, 0.3) is 0 Å². The zero-order chi connectivity index (χ0) is 11.3. The fourth-order valence-electron chi connectivity index (χ4n) is 1.31. The van der Waals surface area contributed by atoms with E-state index in [1.807, 2.05) is 0 Å². The van der Waals surface area contributed by atoms with Gasteiger partial charge >= 0.3 is 5.97 Å². The molecule has 82 valence electrons. The van der Waals surface area contributed by atoms with Gasteiger partial charge in [0.05, 0.1) is 16.9 Å². The number of nitrogens with one attached hydrogen (secondary N) is 1. The highest BCUT2D eigenvalue weighted by atomic mass is 16.4. The minimum Gasteiger partial charge on any atom is -0.478 e. The van der Waals surface area contributed by atoms with Crippen molar-refractivity contribution in [1.82, 2.24) is 0 Å². The maximum absolute atomic E-state index is 10.8. The standard InChI is InChI=1S/C11H16N2O2/c1-2-3-7-13-9-6-4-5-8(10(9)12)11(14)15/h4-6,13H,2-3,7,12H2,1H3,(H,14,15). The molecule has 0 radical (unpaired) electrons. The molecule has 0 saturated carbocycles. The molecule has 4 heteroatoms. The van der Waals surface area contributed by atoms with E-state index in [4.69, 9.17) is 10.8 Å². The van der Waals surface area contributed by atoms with Gasteiger partial charge in [-0.05, 0) is 18.6 Å². The van der Waals surface area contributed by atoms with Crippen LogP contribution in [0.15, 0.2) is 18.2 Å². The Morgan fingerprint density at radius 2 is 2.27 bits per heavy atom. The maximum Gasteiger partial charge on any atom is 0.337 e. The minimum absolute atomic E-state index is 0.150. The van der Waals surface area contributed by atoms with E-state index in [2.05, 4.69) is 12.2 Å². The number of aromatic carboxylic acids is 1. The number of anilines is 2. The number of para-hydroxylation sites is 1. The summed E-state index contributed by atoms with van der Waals surface area (Å²) in [5.74, 6) is -0.994. The van der Waals surface area contributed by atoms with E-state index in [0.29, 0.717) is 11.4 Å². The average Bonchev–Trinajstić information content (AvgIpc) is 2.20. The predicted octanol–water partition coefficient (Wildman–Crippen LogP) is 2.18. The van der Waals surface area contributed by atoms with Crippen molar-refractivity contribution in [2.24, 2.45) is 0 Å². The van der Waals surface area contributed by atoms with Gasteiger partial charge in [0.25, 0.3) is 0 Å². The van der Waals surface area contributed by atoms with Crippen LogP contribution in [0, 0.1) is 0 Å². The Labute approximate surface area is 89.1 Å². The van der Waals surface area contributed by atoms with E-state index in [-0.39, 0.29) is 5.56 Å². The number of nitrogens with two attached hydrogens (primary N) is 1. The molecular formula is C11H16N2O2. The van der Waals surface area contributed by atoms with E-state index in [1.165, 1.54) is 6.07 Å². The van der Waals surface area contributed by atoms with Crippen molar-refractivity contribution in [2.45, 2.75) is 19.8 Å². The van der Waals surface area contributed by atoms with Crippen molar-refractivity contribution in [3.63, 3.8) is 0 Å². The molecule has 1 aromatic rings.